The molecular weight excluding hydrogens is 208 g/mol. The molecule has 17 heavy (non-hydrogen) atoms. The Balaban J connectivity index is 2.06. The Morgan fingerprint density at radius 3 is 2.76 bits per heavy atom. The van der Waals surface area contributed by atoms with E-state index in [0.29, 0.717) is 0 Å². The zero-order valence-electron chi connectivity index (χ0n) is 12.0. The zero-order chi connectivity index (χ0) is 12.3. The predicted molar refractivity (Wildman–Crippen MR) is 76.5 cm³/mol. The van der Waals surface area contributed by atoms with Crippen LogP contribution in [0.5, 0.6) is 0 Å². The molecule has 1 fully saturated rings. The van der Waals surface area contributed by atoms with Gasteiger partial charge in [-0.3, -0.25) is 0 Å². The molecule has 0 aromatic carbocycles. The van der Waals surface area contributed by atoms with E-state index in [-0.39, 0.29) is 0 Å². The van der Waals surface area contributed by atoms with Crippen LogP contribution in [-0.4, -0.2) is 37.1 Å². The number of piperidine rings is 1. The maximum absolute atomic E-state index is 3.40. The van der Waals surface area contributed by atoms with E-state index in [2.05, 4.69) is 24.1 Å². The Kier molecular flexibility index (Phi) is 8.72. The minimum atomic E-state index is 0.905. The first-order valence-electron chi connectivity index (χ1n) is 7.83. The second-order valence-corrected chi connectivity index (χ2v) is 5.39. The van der Waals surface area contributed by atoms with Crippen molar-refractivity contribution in [3.63, 3.8) is 0 Å². The predicted octanol–water partition coefficient (Wildman–Crippen LogP) is 3.42. The van der Waals surface area contributed by atoms with Crippen LogP contribution in [0.4, 0.5) is 0 Å². The molecule has 1 aliphatic rings. The second-order valence-electron chi connectivity index (χ2n) is 5.39. The van der Waals surface area contributed by atoms with Crippen LogP contribution in [0.3, 0.4) is 0 Å². The Bertz CT molecular complexity index is 168. The van der Waals surface area contributed by atoms with Crippen molar-refractivity contribution in [1.82, 2.24) is 10.2 Å². The van der Waals surface area contributed by atoms with Crippen LogP contribution in [0.1, 0.15) is 65.2 Å². The summed E-state index contributed by atoms with van der Waals surface area (Å²) >= 11 is 0. The molecule has 1 saturated heterocycles. The molecule has 2 heteroatoms. The highest BCUT2D eigenvalue weighted by molar-refractivity contribution is 4.76. The van der Waals surface area contributed by atoms with E-state index in [1.165, 1.54) is 71.0 Å². The summed E-state index contributed by atoms with van der Waals surface area (Å²) in [5, 5.41) is 3.40. The lowest BCUT2D eigenvalue weighted by molar-refractivity contribution is 0.137. The summed E-state index contributed by atoms with van der Waals surface area (Å²) in [5.74, 6) is 0. The highest BCUT2D eigenvalue weighted by atomic mass is 15.2. The first-order chi connectivity index (χ1) is 8.38. The molecule has 0 aromatic rings. The van der Waals surface area contributed by atoms with Crippen LogP contribution in [0, 0.1) is 0 Å². The fourth-order valence-corrected chi connectivity index (χ4v) is 2.93. The van der Waals surface area contributed by atoms with E-state index in [9.17, 15) is 0 Å². The van der Waals surface area contributed by atoms with E-state index in [1.54, 1.807) is 0 Å². The van der Waals surface area contributed by atoms with Crippen molar-refractivity contribution in [2.45, 2.75) is 71.3 Å². The standard InChI is InChI=1S/C15H32N2/c1-3-10-15-11-6-9-14-17(15)13-8-5-7-12-16-4-2/h15-16H,3-14H2,1-2H3. The van der Waals surface area contributed by atoms with Gasteiger partial charge >= 0.3 is 0 Å². The first-order valence-corrected chi connectivity index (χ1v) is 7.83. The van der Waals surface area contributed by atoms with Gasteiger partial charge in [0, 0.05) is 6.04 Å². The third-order valence-corrected chi connectivity index (χ3v) is 3.92. The number of nitrogens with one attached hydrogen (secondary N) is 1. The molecule has 102 valence electrons. The van der Waals surface area contributed by atoms with E-state index in [1.807, 2.05) is 0 Å². The van der Waals surface area contributed by atoms with Gasteiger partial charge in [0.15, 0.2) is 0 Å². The quantitative estimate of drug-likeness (QED) is 0.621. The average Bonchev–Trinajstić information content (AvgIpc) is 2.36. The number of rotatable bonds is 9. The molecule has 1 atom stereocenters. The summed E-state index contributed by atoms with van der Waals surface area (Å²) in [6.07, 6.45) is 11.2. The van der Waals surface area contributed by atoms with Gasteiger partial charge in [0.2, 0.25) is 0 Å². The molecular formula is C15H32N2. The van der Waals surface area contributed by atoms with Crippen molar-refractivity contribution in [3.05, 3.63) is 0 Å². The van der Waals surface area contributed by atoms with Gasteiger partial charge in [0.1, 0.15) is 0 Å². The Labute approximate surface area is 108 Å². The van der Waals surface area contributed by atoms with Crippen LogP contribution in [0.2, 0.25) is 0 Å². The minimum absolute atomic E-state index is 0.905. The molecule has 0 aliphatic carbocycles. The monoisotopic (exact) mass is 240 g/mol. The lowest BCUT2D eigenvalue weighted by Crippen LogP contribution is -2.39. The molecule has 1 aliphatic heterocycles. The third-order valence-electron chi connectivity index (χ3n) is 3.92. The van der Waals surface area contributed by atoms with Crippen LogP contribution < -0.4 is 5.32 Å². The molecule has 1 rings (SSSR count). The molecule has 0 amide bonds. The summed E-state index contributed by atoms with van der Waals surface area (Å²) in [7, 11) is 0. The zero-order valence-corrected chi connectivity index (χ0v) is 12.0. The van der Waals surface area contributed by atoms with Gasteiger partial charge in [-0.2, -0.15) is 0 Å². The van der Waals surface area contributed by atoms with Crippen LogP contribution in [0.25, 0.3) is 0 Å². The molecule has 0 spiro atoms. The van der Waals surface area contributed by atoms with Crippen LogP contribution in [-0.2, 0) is 0 Å². The molecule has 1 heterocycles. The summed E-state index contributed by atoms with van der Waals surface area (Å²) in [4.78, 5) is 2.76. The maximum atomic E-state index is 3.40. The van der Waals surface area contributed by atoms with Crippen molar-refractivity contribution in [1.29, 1.82) is 0 Å². The summed E-state index contributed by atoms with van der Waals surface area (Å²) in [5.41, 5.74) is 0. The van der Waals surface area contributed by atoms with Gasteiger partial charge in [-0.15, -0.1) is 0 Å². The van der Waals surface area contributed by atoms with E-state index >= 15 is 0 Å². The Hall–Kier alpha value is -0.0800. The molecule has 0 radical (unpaired) electrons. The van der Waals surface area contributed by atoms with Gasteiger partial charge in [0.05, 0.1) is 0 Å². The highest BCUT2D eigenvalue weighted by Gasteiger charge is 2.20. The van der Waals surface area contributed by atoms with Crippen molar-refractivity contribution in [3.8, 4) is 0 Å². The van der Waals surface area contributed by atoms with E-state index in [0.717, 1.165) is 12.6 Å². The van der Waals surface area contributed by atoms with Gasteiger partial charge in [-0.05, 0) is 58.3 Å². The maximum Gasteiger partial charge on any atom is 0.00951 e. The summed E-state index contributed by atoms with van der Waals surface area (Å²) in [6.45, 7) is 9.53. The van der Waals surface area contributed by atoms with Crippen molar-refractivity contribution in [2.75, 3.05) is 26.2 Å². The molecule has 0 saturated carbocycles. The first kappa shape index (κ1) is 15.0. The Morgan fingerprint density at radius 1 is 1.12 bits per heavy atom. The summed E-state index contributed by atoms with van der Waals surface area (Å²) < 4.78 is 0. The Morgan fingerprint density at radius 2 is 2.00 bits per heavy atom. The largest absolute Gasteiger partial charge is 0.317 e. The lowest BCUT2D eigenvalue weighted by atomic mass is 9.98. The van der Waals surface area contributed by atoms with Gasteiger partial charge in [-0.1, -0.05) is 33.1 Å². The van der Waals surface area contributed by atoms with E-state index in [4.69, 9.17) is 0 Å². The lowest BCUT2D eigenvalue weighted by Gasteiger charge is -2.35. The number of hydrogen-bond acceptors (Lipinski definition) is 2. The van der Waals surface area contributed by atoms with Crippen molar-refractivity contribution >= 4 is 0 Å². The van der Waals surface area contributed by atoms with Crippen molar-refractivity contribution < 1.29 is 0 Å². The van der Waals surface area contributed by atoms with Crippen LogP contribution >= 0.6 is 0 Å². The average molecular weight is 240 g/mol. The molecule has 1 N–H and O–H groups in total. The fraction of sp³-hybridized carbons (Fsp3) is 1.00. The minimum Gasteiger partial charge on any atom is -0.317 e. The molecule has 1 unspecified atom stereocenters. The van der Waals surface area contributed by atoms with Crippen molar-refractivity contribution in [2.24, 2.45) is 0 Å². The van der Waals surface area contributed by atoms with Gasteiger partial charge < -0.3 is 10.2 Å². The molecule has 0 aromatic heterocycles. The topological polar surface area (TPSA) is 15.3 Å². The SMILES string of the molecule is CCCC1CCCCN1CCCCCNCC. The van der Waals surface area contributed by atoms with E-state index < -0.39 is 0 Å². The highest BCUT2D eigenvalue weighted by Crippen LogP contribution is 2.21. The fourth-order valence-electron chi connectivity index (χ4n) is 2.93. The number of unbranched alkanes of at least 4 members (excludes halogenated alkanes) is 2. The second kappa shape index (κ2) is 9.90. The van der Waals surface area contributed by atoms with Gasteiger partial charge in [-0.25, -0.2) is 0 Å². The molecule has 2 nitrogen and oxygen atoms in total. The number of nitrogens with zero attached hydrogens (tertiary/aromatic N) is 1. The molecule has 0 bridgehead atoms. The van der Waals surface area contributed by atoms with Crippen LogP contribution in [0.15, 0.2) is 0 Å². The normalized spacial score (nSPS) is 21.9. The third kappa shape index (κ3) is 6.42. The number of likely N-dealkylation sites (tertiary alicyclic amines) is 1. The van der Waals surface area contributed by atoms with Gasteiger partial charge in [0.25, 0.3) is 0 Å². The summed E-state index contributed by atoms with van der Waals surface area (Å²) in [6, 6.07) is 0.905. The smallest absolute Gasteiger partial charge is 0.00951 e. The number of hydrogen-bond donors (Lipinski definition) is 1.